The van der Waals surface area contributed by atoms with E-state index < -0.39 is 22.8 Å². The summed E-state index contributed by atoms with van der Waals surface area (Å²) in [6.07, 6.45) is 2.22. The maximum absolute atomic E-state index is 11.8. The first-order chi connectivity index (χ1) is 9.79. The lowest BCUT2D eigenvalue weighted by Crippen LogP contribution is -2.36. The largest absolute Gasteiger partial charge is 0.478 e. The Morgan fingerprint density at radius 1 is 1.43 bits per heavy atom. The molecule has 3 N–H and O–H groups in total. The van der Waals surface area contributed by atoms with Crippen molar-refractivity contribution in [3.05, 3.63) is 28.2 Å². The zero-order valence-corrected chi connectivity index (χ0v) is 14.1. The number of aromatic carboxylic acids is 1. The predicted octanol–water partition coefficient (Wildman–Crippen LogP) is 2.43. The van der Waals surface area contributed by atoms with Crippen LogP contribution in [0.5, 0.6) is 0 Å². The molecule has 2 amide bonds. The highest BCUT2D eigenvalue weighted by atomic mass is 79.9. The van der Waals surface area contributed by atoms with Gasteiger partial charge in [-0.1, -0.05) is 0 Å². The maximum Gasteiger partial charge on any atom is 0.336 e. The number of benzene rings is 1. The second-order valence-electron chi connectivity index (χ2n) is 4.57. The van der Waals surface area contributed by atoms with Gasteiger partial charge in [-0.15, -0.1) is 0 Å². The number of amides is 2. The summed E-state index contributed by atoms with van der Waals surface area (Å²) in [7, 11) is -0.892. The minimum atomic E-state index is -1.08. The molecule has 21 heavy (non-hydrogen) atoms. The average molecular weight is 377 g/mol. The van der Waals surface area contributed by atoms with Crippen molar-refractivity contribution in [2.45, 2.75) is 19.4 Å². The van der Waals surface area contributed by atoms with Gasteiger partial charge in [-0.3, -0.25) is 4.21 Å². The molecule has 0 aliphatic heterocycles. The number of urea groups is 1. The van der Waals surface area contributed by atoms with E-state index >= 15 is 0 Å². The predicted molar refractivity (Wildman–Crippen MR) is 86.3 cm³/mol. The lowest BCUT2D eigenvalue weighted by atomic mass is 10.2. The molecule has 0 fully saturated rings. The van der Waals surface area contributed by atoms with Crippen LogP contribution in [0.3, 0.4) is 0 Å². The second-order valence-corrected chi connectivity index (χ2v) is 6.97. The van der Waals surface area contributed by atoms with E-state index in [0.717, 1.165) is 0 Å². The third kappa shape index (κ3) is 6.26. The van der Waals surface area contributed by atoms with Crippen molar-refractivity contribution >= 4 is 44.4 Å². The molecule has 6 nitrogen and oxygen atoms in total. The molecule has 0 bridgehead atoms. The molecule has 1 aromatic carbocycles. The summed E-state index contributed by atoms with van der Waals surface area (Å²) in [5.74, 6) is -0.562. The zero-order valence-electron chi connectivity index (χ0n) is 11.7. The maximum atomic E-state index is 11.8. The lowest BCUT2D eigenvalue weighted by Gasteiger charge is -2.14. The van der Waals surface area contributed by atoms with Gasteiger partial charge in [0, 0.05) is 39.0 Å². The molecule has 0 saturated carbocycles. The first-order valence-electron chi connectivity index (χ1n) is 6.20. The Morgan fingerprint density at radius 2 is 2.10 bits per heavy atom. The number of carboxylic acid groups (broad SMARTS) is 1. The quantitative estimate of drug-likeness (QED) is 0.710. The Balaban J connectivity index is 2.61. The van der Waals surface area contributed by atoms with Crippen LogP contribution in [-0.4, -0.2) is 39.4 Å². The van der Waals surface area contributed by atoms with Gasteiger partial charge in [-0.05, 0) is 47.5 Å². The van der Waals surface area contributed by atoms with E-state index in [2.05, 4.69) is 26.6 Å². The number of carboxylic acids is 1. The number of rotatable bonds is 6. The van der Waals surface area contributed by atoms with Gasteiger partial charge < -0.3 is 15.7 Å². The number of carbonyl (C=O) groups is 2. The highest BCUT2D eigenvalue weighted by molar-refractivity contribution is 9.10. The minimum absolute atomic E-state index is 0.0715. The van der Waals surface area contributed by atoms with Crippen molar-refractivity contribution < 1.29 is 18.9 Å². The van der Waals surface area contributed by atoms with E-state index in [9.17, 15) is 13.8 Å². The van der Waals surface area contributed by atoms with Crippen molar-refractivity contribution in [1.29, 1.82) is 0 Å². The third-order valence-electron chi connectivity index (χ3n) is 2.67. The van der Waals surface area contributed by atoms with Gasteiger partial charge in [0.25, 0.3) is 0 Å². The highest BCUT2D eigenvalue weighted by Crippen LogP contribution is 2.21. The smallest absolute Gasteiger partial charge is 0.336 e. The number of nitrogens with one attached hydrogen (secondary N) is 2. The van der Waals surface area contributed by atoms with Crippen LogP contribution in [0.15, 0.2) is 22.7 Å². The van der Waals surface area contributed by atoms with Crippen LogP contribution in [0.1, 0.15) is 23.7 Å². The number of anilines is 1. The average Bonchev–Trinajstić information content (AvgIpc) is 2.38. The molecule has 116 valence electrons. The summed E-state index contributed by atoms with van der Waals surface area (Å²) >= 11 is 3.13. The van der Waals surface area contributed by atoms with Gasteiger partial charge >= 0.3 is 12.0 Å². The molecule has 0 saturated heterocycles. The monoisotopic (exact) mass is 376 g/mol. The number of hydrogen-bond acceptors (Lipinski definition) is 3. The Bertz CT molecular complexity index is 565. The highest BCUT2D eigenvalue weighted by Gasteiger charge is 2.12. The van der Waals surface area contributed by atoms with Crippen LogP contribution in [0.2, 0.25) is 0 Å². The molecular formula is C13H17BrN2O4S. The Hall–Kier alpha value is -1.41. The van der Waals surface area contributed by atoms with Gasteiger partial charge in [0.2, 0.25) is 0 Å². The summed E-state index contributed by atoms with van der Waals surface area (Å²) in [6, 6.07) is 3.98. The Kier molecular flexibility index (Phi) is 6.83. The van der Waals surface area contributed by atoms with Crippen molar-refractivity contribution in [1.82, 2.24) is 5.32 Å². The van der Waals surface area contributed by atoms with E-state index in [-0.39, 0.29) is 11.6 Å². The van der Waals surface area contributed by atoms with Crippen LogP contribution >= 0.6 is 15.9 Å². The van der Waals surface area contributed by atoms with Gasteiger partial charge in [0.15, 0.2) is 0 Å². The topological polar surface area (TPSA) is 95.5 Å². The number of halogens is 1. The van der Waals surface area contributed by atoms with Gasteiger partial charge in [-0.2, -0.15) is 0 Å². The van der Waals surface area contributed by atoms with Crippen LogP contribution in [0.25, 0.3) is 0 Å². The molecule has 0 spiro atoms. The lowest BCUT2D eigenvalue weighted by molar-refractivity contribution is 0.0696. The van der Waals surface area contributed by atoms with E-state index in [4.69, 9.17) is 5.11 Å². The van der Waals surface area contributed by atoms with Crippen molar-refractivity contribution in [3.63, 3.8) is 0 Å². The zero-order chi connectivity index (χ0) is 16.0. The van der Waals surface area contributed by atoms with Crippen molar-refractivity contribution in [2.24, 2.45) is 0 Å². The summed E-state index contributed by atoms with van der Waals surface area (Å²) in [5.41, 5.74) is 0.460. The Labute approximate surface area is 133 Å². The van der Waals surface area contributed by atoms with Crippen LogP contribution in [0, 0.1) is 0 Å². The molecule has 0 aromatic heterocycles. The van der Waals surface area contributed by atoms with E-state index in [1.165, 1.54) is 6.07 Å². The molecular weight excluding hydrogens is 360 g/mol. The second kappa shape index (κ2) is 8.14. The fraction of sp³-hybridized carbons (Fsp3) is 0.385. The van der Waals surface area contributed by atoms with Crippen LogP contribution in [0.4, 0.5) is 10.5 Å². The number of carbonyl (C=O) groups excluding carboxylic acids is 1. The van der Waals surface area contributed by atoms with Gasteiger partial charge in [-0.25, -0.2) is 9.59 Å². The fourth-order valence-corrected chi connectivity index (χ4v) is 2.67. The normalized spacial score (nSPS) is 13.3. The summed E-state index contributed by atoms with van der Waals surface area (Å²) in [6.45, 7) is 1.82. The first-order valence-corrected chi connectivity index (χ1v) is 8.72. The molecule has 0 radical (unpaired) electrons. The molecule has 1 rings (SSSR count). The summed E-state index contributed by atoms with van der Waals surface area (Å²) in [4.78, 5) is 22.8. The summed E-state index contributed by atoms with van der Waals surface area (Å²) < 4.78 is 11.4. The van der Waals surface area contributed by atoms with E-state index in [1.807, 2.05) is 6.92 Å². The minimum Gasteiger partial charge on any atom is -0.478 e. The molecule has 0 aliphatic carbocycles. The van der Waals surface area contributed by atoms with E-state index in [1.54, 1.807) is 18.4 Å². The van der Waals surface area contributed by atoms with Crippen LogP contribution < -0.4 is 10.6 Å². The first kappa shape index (κ1) is 17.6. The van der Waals surface area contributed by atoms with E-state index in [0.29, 0.717) is 22.3 Å². The molecule has 8 heteroatoms. The molecule has 2 atom stereocenters. The fourth-order valence-electron chi connectivity index (χ4n) is 1.57. The van der Waals surface area contributed by atoms with Crippen molar-refractivity contribution in [3.8, 4) is 0 Å². The molecule has 0 aliphatic rings. The SMILES string of the molecule is CC(CCS(C)=O)NC(=O)Nc1ccc(Br)c(C(=O)O)c1. The van der Waals surface area contributed by atoms with Gasteiger partial charge in [0.05, 0.1) is 5.56 Å². The number of hydrogen-bond donors (Lipinski definition) is 3. The third-order valence-corrected chi connectivity index (χ3v) is 4.17. The standard InChI is InChI=1S/C13H17BrN2O4S/c1-8(5-6-21(2)20)15-13(19)16-9-3-4-11(14)10(7-9)12(17)18/h3-4,7-8H,5-6H2,1-2H3,(H,17,18)(H2,15,16,19). The molecule has 1 aromatic rings. The molecule has 0 heterocycles. The Morgan fingerprint density at radius 3 is 2.67 bits per heavy atom. The molecule has 2 unspecified atom stereocenters. The van der Waals surface area contributed by atoms with Crippen molar-refractivity contribution in [2.75, 3.05) is 17.3 Å². The summed E-state index contributed by atoms with van der Waals surface area (Å²) in [5, 5.41) is 14.3. The van der Waals surface area contributed by atoms with Gasteiger partial charge in [0.1, 0.15) is 0 Å². The van der Waals surface area contributed by atoms with Crippen LogP contribution in [-0.2, 0) is 10.8 Å².